The Kier molecular flexibility index (Phi) is 1.70. The summed E-state index contributed by atoms with van der Waals surface area (Å²) >= 11 is 0. The largest absolute Gasteiger partial charge is 0.323 e. The number of hydrogen-bond acceptors (Lipinski definition) is 2. The Morgan fingerprint density at radius 2 is 2.21 bits per heavy atom. The van der Waals surface area contributed by atoms with Crippen LogP contribution in [0.25, 0.3) is 0 Å². The molecule has 0 radical (unpaired) electrons. The van der Waals surface area contributed by atoms with Crippen LogP contribution < -0.4 is 11.1 Å². The maximum Gasteiger partial charge on any atom is 0.0365 e. The van der Waals surface area contributed by atoms with Gasteiger partial charge in [0.05, 0.1) is 0 Å². The van der Waals surface area contributed by atoms with Gasteiger partial charge in [-0.25, -0.2) is 0 Å². The van der Waals surface area contributed by atoms with Crippen LogP contribution in [-0.4, -0.2) is 18.6 Å². The van der Waals surface area contributed by atoms with Gasteiger partial charge in [0.1, 0.15) is 0 Å². The lowest BCUT2D eigenvalue weighted by molar-refractivity contribution is 0.368. The van der Waals surface area contributed by atoms with Gasteiger partial charge in [0.2, 0.25) is 0 Å². The number of nitrogens with two attached hydrogens (primary N) is 1. The van der Waals surface area contributed by atoms with Crippen LogP contribution in [0.15, 0.2) is 24.3 Å². The van der Waals surface area contributed by atoms with Crippen LogP contribution in [0.2, 0.25) is 0 Å². The van der Waals surface area contributed by atoms with Gasteiger partial charge in [0, 0.05) is 24.5 Å². The molecule has 1 heterocycles. The summed E-state index contributed by atoms with van der Waals surface area (Å²) in [7, 11) is 0. The second-order valence-electron chi connectivity index (χ2n) is 4.62. The highest BCUT2D eigenvalue weighted by atomic mass is 15.0. The molecule has 14 heavy (non-hydrogen) atoms. The zero-order chi connectivity index (χ0) is 9.60. The predicted molar refractivity (Wildman–Crippen MR) is 57.3 cm³/mol. The zero-order valence-electron chi connectivity index (χ0n) is 8.29. The molecule has 1 fully saturated rings. The summed E-state index contributed by atoms with van der Waals surface area (Å²) in [4.78, 5) is 0. The molecule has 2 nitrogen and oxygen atoms in total. The van der Waals surface area contributed by atoms with Crippen LogP contribution in [0.4, 0.5) is 0 Å². The van der Waals surface area contributed by atoms with Crippen LogP contribution in [0.5, 0.6) is 0 Å². The summed E-state index contributed by atoms with van der Waals surface area (Å²) in [6.45, 7) is 2.03. The Morgan fingerprint density at radius 3 is 3.14 bits per heavy atom. The van der Waals surface area contributed by atoms with Crippen LogP contribution in [0.3, 0.4) is 0 Å². The Morgan fingerprint density at radius 1 is 1.36 bits per heavy atom. The molecule has 1 aromatic rings. The monoisotopic (exact) mass is 188 g/mol. The van der Waals surface area contributed by atoms with E-state index in [1.165, 1.54) is 11.1 Å². The SMILES string of the molecule is NC12CCc3ccccc3C1CNC2. The summed E-state index contributed by atoms with van der Waals surface area (Å²) in [5, 5.41) is 3.42. The number of nitrogens with one attached hydrogen (secondary N) is 1. The minimum Gasteiger partial charge on any atom is -0.323 e. The van der Waals surface area contributed by atoms with Crippen molar-refractivity contribution in [2.45, 2.75) is 24.3 Å². The van der Waals surface area contributed by atoms with E-state index in [1.807, 2.05) is 0 Å². The number of fused-ring (bicyclic) bond motifs is 3. The van der Waals surface area contributed by atoms with Crippen molar-refractivity contribution in [1.82, 2.24) is 5.32 Å². The molecule has 0 aromatic heterocycles. The van der Waals surface area contributed by atoms with Gasteiger partial charge in [0.25, 0.3) is 0 Å². The second kappa shape index (κ2) is 2.81. The van der Waals surface area contributed by atoms with E-state index in [2.05, 4.69) is 29.6 Å². The quantitative estimate of drug-likeness (QED) is 0.638. The first-order chi connectivity index (χ1) is 6.80. The first-order valence-electron chi connectivity index (χ1n) is 5.37. The highest BCUT2D eigenvalue weighted by molar-refractivity contribution is 5.38. The zero-order valence-corrected chi connectivity index (χ0v) is 8.29. The fourth-order valence-electron chi connectivity index (χ4n) is 2.93. The van der Waals surface area contributed by atoms with Crippen molar-refractivity contribution in [2.24, 2.45) is 5.73 Å². The fourth-order valence-corrected chi connectivity index (χ4v) is 2.93. The van der Waals surface area contributed by atoms with E-state index >= 15 is 0 Å². The van der Waals surface area contributed by atoms with Gasteiger partial charge in [-0.15, -0.1) is 0 Å². The lowest BCUT2D eigenvalue weighted by Gasteiger charge is -2.36. The van der Waals surface area contributed by atoms with E-state index in [0.29, 0.717) is 5.92 Å². The topological polar surface area (TPSA) is 38.0 Å². The molecule has 2 heteroatoms. The molecule has 0 spiro atoms. The van der Waals surface area contributed by atoms with Crippen molar-refractivity contribution in [1.29, 1.82) is 0 Å². The van der Waals surface area contributed by atoms with Gasteiger partial charge >= 0.3 is 0 Å². The number of aryl methyl sites for hydroxylation is 1. The normalized spacial score (nSPS) is 35.1. The highest BCUT2D eigenvalue weighted by Crippen LogP contribution is 2.39. The molecule has 2 atom stereocenters. The molecule has 74 valence electrons. The average molecular weight is 188 g/mol. The smallest absolute Gasteiger partial charge is 0.0365 e. The third-order valence-electron chi connectivity index (χ3n) is 3.79. The molecular formula is C12H16N2. The summed E-state index contributed by atoms with van der Waals surface area (Å²) in [6, 6.07) is 8.74. The first kappa shape index (κ1) is 8.45. The summed E-state index contributed by atoms with van der Waals surface area (Å²) < 4.78 is 0. The van der Waals surface area contributed by atoms with Crippen LogP contribution in [0.1, 0.15) is 23.5 Å². The Bertz CT molecular complexity index is 361. The maximum absolute atomic E-state index is 6.42. The van der Waals surface area contributed by atoms with Gasteiger partial charge in [-0.2, -0.15) is 0 Å². The van der Waals surface area contributed by atoms with Crippen LogP contribution in [0, 0.1) is 0 Å². The summed E-state index contributed by atoms with van der Waals surface area (Å²) in [5.41, 5.74) is 9.42. The predicted octanol–water partition coefficient (Wildman–Crippen LogP) is 1.02. The van der Waals surface area contributed by atoms with Crippen LogP contribution >= 0.6 is 0 Å². The molecule has 2 unspecified atom stereocenters. The summed E-state index contributed by atoms with van der Waals surface area (Å²) in [6.07, 6.45) is 2.27. The number of hydrogen-bond donors (Lipinski definition) is 2. The highest BCUT2D eigenvalue weighted by Gasteiger charge is 2.43. The van der Waals surface area contributed by atoms with Crippen molar-refractivity contribution < 1.29 is 0 Å². The van der Waals surface area contributed by atoms with Gasteiger partial charge < -0.3 is 11.1 Å². The standard InChI is InChI=1S/C12H16N2/c13-12-6-5-9-3-1-2-4-10(9)11(12)7-14-8-12/h1-4,11,14H,5-8,13H2. The molecule has 0 amide bonds. The molecule has 3 N–H and O–H groups in total. The van der Waals surface area contributed by atoms with Crippen LogP contribution in [-0.2, 0) is 6.42 Å². The molecule has 1 aliphatic carbocycles. The maximum atomic E-state index is 6.42. The minimum absolute atomic E-state index is 0.0222. The van der Waals surface area contributed by atoms with Crippen molar-refractivity contribution in [2.75, 3.05) is 13.1 Å². The van der Waals surface area contributed by atoms with E-state index in [-0.39, 0.29) is 5.54 Å². The van der Waals surface area contributed by atoms with Gasteiger partial charge in [0.15, 0.2) is 0 Å². The van der Waals surface area contributed by atoms with E-state index in [0.717, 1.165) is 25.9 Å². The number of benzene rings is 1. The molecule has 0 saturated carbocycles. The molecule has 1 aromatic carbocycles. The average Bonchev–Trinajstić information content (AvgIpc) is 2.60. The summed E-state index contributed by atoms with van der Waals surface area (Å²) in [5.74, 6) is 0.535. The molecule has 0 bridgehead atoms. The molecule has 1 saturated heterocycles. The van der Waals surface area contributed by atoms with Gasteiger partial charge in [-0.1, -0.05) is 24.3 Å². The lowest BCUT2D eigenvalue weighted by atomic mass is 9.72. The molecule has 1 aliphatic heterocycles. The third-order valence-corrected chi connectivity index (χ3v) is 3.79. The first-order valence-corrected chi connectivity index (χ1v) is 5.37. The molecule has 2 aliphatic rings. The Hall–Kier alpha value is -0.860. The molecule has 3 rings (SSSR count). The lowest BCUT2D eigenvalue weighted by Crippen LogP contribution is -2.48. The minimum atomic E-state index is 0.0222. The van der Waals surface area contributed by atoms with E-state index < -0.39 is 0 Å². The van der Waals surface area contributed by atoms with E-state index in [9.17, 15) is 0 Å². The van der Waals surface area contributed by atoms with Crippen molar-refractivity contribution in [3.63, 3.8) is 0 Å². The van der Waals surface area contributed by atoms with E-state index in [4.69, 9.17) is 5.73 Å². The van der Waals surface area contributed by atoms with Gasteiger partial charge in [-0.05, 0) is 24.0 Å². The molecular weight excluding hydrogens is 172 g/mol. The second-order valence-corrected chi connectivity index (χ2v) is 4.62. The number of rotatable bonds is 0. The van der Waals surface area contributed by atoms with Crippen molar-refractivity contribution >= 4 is 0 Å². The third kappa shape index (κ3) is 1.04. The van der Waals surface area contributed by atoms with Crippen molar-refractivity contribution in [3.05, 3.63) is 35.4 Å². The van der Waals surface area contributed by atoms with Gasteiger partial charge in [-0.3, -0.25) is 0 Å². The van der Waals surface area contributed by atoms with Crippen molar-refractivity contribution in [3.8, 4) is 0 Å². The Balaban J connectivity index is 2.10. The Labute approximate surface area is 84.5 Å². The van der Waals surface area contributed by atoms with E-state index in [1.54, 1.807) is 0 Å². The fraction of sp³-hybridized carbons (Fsp3) is 0.500.